The molecule has 0 aliphatic rings. The van der Waals surface area contributed by atoms with Crippen LogP contribution >= 0.6 is 0 Å². The van der Waals surface area contributed by atoms with Crippen molar-refractivity contribution in [2.75, 3.05) is 14.2 Å². The average molecular weight is 434 g/mol. The number of fused-ring (bicyclic) bond motifs is 1. The van der Waals surface area contributed by atoms with E-state index >= 15 is 0 Å². The number of rotatable bonds is 5. The van der Waals surface area contributed by atoms with E-state index in [2.05, 4.69) is 0 Å². The topological polar surface area (TPSA) is 109 Å². The Kier molecular flexibility index (Phi) is 5.40. The van der Waals surface area contributed by atoms with Gasteiger partial charge in [-0.15, -0.1) is 0 Å². The first-order valence-corrected chi connectivity index (χ1v) is 9.88. The van der Waals surface area contributed by atoms with Crippen LogP contribution in [-0.2, 0) is 0 Å². The van der Waals surface area contributed by atoms with Crippen molar-refractivity contribution in [1.82, 2.24) is 0 Å². The van der Waals surface area contributed by atoms with Crippen LogP contribution in [0.2, 0.25) is 0 Å². The molecule has 3 aromatic carbocycles. The largest absolute Gasteiger partial charge is 0.508 e. The van der Waals surface area contributed by atoms with E-state index in [0.717, 1.165) is 11.6 Å². The van der Waals surface area contributed by atoms with Crippen molar-refractivity contribution in [2.45, 2.75) is 12.8 Å². The fourth-order valence-electron chi connectivity index (χ4n) is 3.80. The van der Waals surface area contributed by atoms with E-state index < -0.39 is 17.1 Å². The predicted molar refractivity (Wildman–Crippen MR) is 120 cm³/mol. The molecule has 1 heterocycles. The van der Waals surface area contributed by atoms with Gasteiger partial charge < -0.3 is 29.2 Å². The smallest absolute Gasteiger partial charge is 0.239 e. The van der Waals surface area contributed by atoms with Crippen LogP contribution in [0.4, 0.5) is 0 Å². The third-order valence-corrected chi connectivity index (χ3v) is 5.50. The molecule has 0 radical (unpaired) electrons. The third kappa shape index (κ3) is 3.47. The summed E-state index contributed by atoms with van der Waals surface area (Å²) in [5.41, 5.74) is 1.16. The second-order valence-corrected chi connectivity index (χ2v) is 7.37. The van der Waals surface area contributed by atoms with Crippen molar-refractivity contribution in [3.8, 4) is 40.1 Å². The quantitative estimate of drug-likeness (QED) is 0.416. The molecule has 0 fully saturated rings. The molecule has 4 aromatic rings. The summed E-state index contributed by atoms with van der Waals surface area (Å²) in [6, 6.07) is 14.5. The Hall–Kier alpha value is -4.13. The molecule has 1 aromatic heterocycles. The predicted octanol–water partition coefficient (Wildman–Crippen LogP) is 4.75. The van der Waals surface area contributed by atoms with Gasteiger partial charge in [0.15, 0.2) is 5.76 Å². The zero-order chi connectivity index (χ0) is 23.0. The highest BCUT2D eigenvalue weighted by atomic mass is 16.5. The van der Waals surface area contributed by atoms with Crippen LogP contribution in [0.3, 0.4) is 0 Å². The Morgan fingerprint density at radius 1 is 0.875 bits per heavy atom. The summed E-state index contributed by atoms with van der Waals surface area (Å²) in [7, 11) is 2.90. The summed E-state index contributed by atoms with van der Waals surface area (Å²) in [5.74, 6) is -0.202. The fraction of sp³-hybridized carbons (Fsp3) is 0.160. The maximum atomic E-state index is 13.3. The number of phenols is 3. The van der Waals surface area contributed by atoms with Crippen LogP contribution in [0.15, 0.2) is 63.8 Å². The summed E-state index contributed by atoms with van der Waals surface area (Å²) in [6.07, 6.45) is 0. The van der Waals surface area contributed by atoms with E-state index in [1.807, 2.05) is 6.92 Å². The van der Waals surface area contributed by atoms with Gasteiger partial charge in [-0.3, -0.25) is 4.79 Å². The van der Waals surface area contributed by atoms with Crippen molar-refractivity contribution in [1.29, 1.82) is 0 Å². The fourth-order valence-corrected chi connectivity index (χ4v) is 3.80. The van der Waals surface area contributed by atoms with Crippen LogP contribution in [0.5, 0.6) is 28.7 Å². The molecule has 4 rings (SSSR count). The zero-order valence-electron chi connectivity index (χ0n) is 17.7. The number of phenolic OH excluding ortho intramolecular Hbond substituents is 3. The van der Waals surface area contributed by atoms with E-state index in [-0.39, 0.29) is 34.0 Å². The Morgan fingerprint density at radius 3 is 2.12 bits per heavy atom. The molecule has 0 spiro atoms. The number of ether oxygens (including phenoxy) is 2. The third-order valence-electron chi connectivity index (χ3n) is 5.50. The molecule has 0 aliphatic heterocycles. The minimum absolute atomic E-state index is 0.0553. The molecule has 7 nitrogen and oxygen atoms in total. The van der Waals surface area contributed by atoms with Crippen LogP contribution in [-0.4, -0.2) is 29.5 Å². The molecule has 0 amide bonds. The van der Waals surface area contributed by atoms with E-state index in [9.17, 15) is 20.1 Å². The van der Waals surface area contributed by atoms with Gasteiger partial charge in [0.25, 0.3) is 0 Å². The molecule has 0 bridgehead atoms. The maximum absolute atomic E-state index is 13.3. The van der Waals surface area contributed by atoms with Crippen LogP contribution in [0.25, 0.3) is 22.3 Å². The highest BCUT2D eigenvalue weighted by Gasteiger charge is 2.26. The highest BCUT2D eigenvalue weighted by molar-refractivity contribution is 5.91. The lowest BCUT2D eigenvalue weighted by Gasteiger charge is -2.18. The SMILES string of the molecule is COc1ccc(-c2oc3c([C@@H](C)c4ccc(O)cc4)c(O)cc(O)c3c(=O)c2OC)cc1. The number of hydrogen-bond acceptors (Lipinski definition) is 7. The molecule has 0 aliphatic carbocycles. The van der Waals surface area contributed by atoms with Gasteiger partial charge in [-0.25, -0.2) is 0 Å². The van der Waals surface area contributed by atoms with Gasteiger partial charge in [0.2, 0.25) is 11.2 Å². The van der Waals surface area contributed by atoms with Crippen molar-refractivity contribution in [2.24, 2.45) is 0 Å². The molecule has 3 N–H and O–H groups in total. The molecule has 7 heteroatoms. The number of methoxy groups -OCH3 is 2. The summed E-state index contributed by atoms with van der Waals surface area (Å²) >= 11 is 0. The Balaban J connectivity index is 2.04. The second-order valence-electron chi connectivity index (χ2n) is 7.37. The summed E-state index contributed by atoms with van der Waals surface area (Å²) in [5, 5.41) is 30.7. The second kappa shape index (κ2) is 8.19. The van der Waals surface area contributed by atoms with E-state index in [1.165, 1.54) is 19.2 Å². The highest BCUT2D eigenvalue weighted by Crippen LogP contribution is 2.43. The average Bonchev–Trinajstić information content (AvgIpc) is 2.79. The van der Waals surface area contributed by atoms with Crippen molar-refractivity contribution >= 4 is 11.0 Å². The molecule has 32 heavy (non-hydrogen) atoms. The Labute approximate surface area is 183 Å². The lowest BCUT2D eigenvalue weighted by Crippen LogP contribution is -2.10. The summed E-state index contributed by atoms with van der Waals surface area (Å²) in [6.45, 7) is 1.83. The molecule has 164 valence electrons. The first-order valence-electron chi connectivity index (χ1n) is 9.88. The standard InChI is InChI=1S/C25H22O7/c1-13(14-4-8-16(26)9-5-14)20-18(27)12-19(28)21-22(29)25(31-3)23(32-24(20)21)15-6-10-17(30-2)11-7-15/h4-13,26-28H,1-3H3/t13-/m0/s1. The minimum Gasteiger partial charge on any atom is -0.508 e. The van der Waals surface area contributed by atoms with Crippen LogP contribution in [0.1, 0.15) is 24.0 Å². The normalized spacial score (nSPS) is 12.0. The molecule has 0 saturated heterocycles. The minimum atomic E-state index is -0.559. The monoisotopic (exact) mass is 434 g/mol. The van der Waals surface area contributed by atoms with E-state index in [1.54, 1.807) is 43.5 Å². The molecular weight excluding hydrogens is 412 g/mol. The Bertz CT molecular complexity index is 1340. The summed E-state index contributed by atoms with van der Waals surface area (Å²) in [4.78, 5) is 13.3. The van der Waals surface area contributed by atoms with Gasteiger partial charge in [-0.2, -0.15) is 0 Å². The van der Waals surface area contributed by atoms with E-state index in [4.69, 9.17) is 13.9 Å². The molecule has 0 saturated carbocycles. The zero-order valence-corrected chi connectivity index (χ0v) is 17.7. The van der Waals surface area contributed by atoms with Crippen molar-refractivity contribution < 1.29 is 29.2 Å². The van der Waals surface area contributed by atoms with Gasteiger partial charge in [0.05, 0.1) is 14.2 Å². The lowest BCUT2D eigenvalue weighted by atomic mass is 9.90. The maximum Gasteiger partial charge on any atom is 0.239 e. The van der Waals surface area contributed by atoms with Gasteiger partial charge in [0.1, 0.15) is 34.0 Å². The van der Waals surface area contributed by atoms with Crippen molar-refractivity contribution in [3.63, 3.8) is 0 Å². The van der Waals surface area contributed by atoms with Crippen LogP contribution in [0, 0.1) is 0 Å². The number of benzene rings is 3. The summed E-state index contributed by atoms with van der Waals surface area (Å²) < 4.78 is 16.7. The molecular formula is C25H22O7. The van der Waals surface area contributed by atoms with E-state index in [0.29, 0.717) is 16.9 Å². The first-order chi connectivity index (χ1) is 15.3. The van der Waals surface area contributed by atoms with Gasteiger partial charge in [-0.05, 0) is 42.0 Å². The van der Waals surface area contributed by atoms with Crippen molar-refractivity contribution in [3.05, 3.63) is 75.9 Å². The molecule has 0 unspecified atom stereocenters. The number of hydrogen-bond donors (Lipinski definition) is 3. The van der Waals surface area contributed by atoms with Gasteiger partial charge in [0, 0.05) is 23.1 Å². The number of aromatic hydroxyl groups is 3. The lowest BCUT2D eigenvalue weighted by molar-refractivity contribution is 0.396. The Morgan fingerprint density at radius 2 is 1.53 bits per heavy atom. The van der Waals surface area contributed by atoms with Gasteiger partial charge in [-0.1, -0.05) is 19.1 Å². The first kappa shape index (κ1) is 21.1. The van der Waals surface area contributed by atoms with Gasteiger partial charge >= 0.3 is 0 Å². The van der Waals surface area contributed by atoms with Crippen LogP contribution < -0.4 is 14.9 Å². The molecule has 1 atom stereocenters.